The van der Waals surface area contributed by atoms with Crippen molar-refractivity contribution in [2.24, 2.45) is 0 Å². The van der Waals surface area contributed by atoms with Gasteiger partial charge < -0.3 is 0 Å². The maximum atomic E-state index is 5.24. The monoisotopic (exact) mass is 233 g/mol. The summed E-state index contributed by atoms with van der Waals surface area (Å²) < 4.78 is 5.24. The van der Waals surface area contributed by atoms with Gasteiger partial charge in [-0.25, -0.2) is 0 Å². The zero-order chi connectivity index (χ0) is 7.40. The molecule has 0 aliphatic heterocycles. The molecule has 0 aliphatic carbocycles. The molecule has 1 unspecified atom stereocenters. The molecule has 0 fully saturated rings. The van der Waals surface area contributed by atoms with Crippen LogP contribution in [0.3, 0.4) is 0 Å². The number of rotatable bonds is 2. The Balaban J connectivity index is 2.67. The maximum absolute atomic E-state index is 5.24. The van der Waals surface area contributed by atoms with Crippen LogP contribution in [0.1, 0.15) is 0 Å². The predicted molar refractivity (Wildman–Crippen MR) is 49.4 cm³/mol. The first-order valence-electron chi connectivity index (χ1n) is 2.68. The Morgan fingerprint density at radius 1 is 1.30 bits per heavy atom. The number of benzene rings is 1. The van der Waals surface area contributed by atoms with Crippen LogP contribution in [0, 0.1) is 0 Å². The Bertz CT molecular complexity index is 224. The topological polar surface area (TPSA) is 9.23 Å². The van der Waals surface area contributed by atoms with Crippen molar-refractivity contribution >= 4 is 33.4 Å². The third-order valence-electron chi connectivity index (χ3n) is 0.927. The van der Waals surface area contributed by atoms with Crippen LogP contribution >= 0.6 is 21.3 Å². The van der Waals surface area contributed by atoms with Gasteiger partial charge in [-0.05, 0) is 0 Å². The summed E-state index contributed by atoms with van der Waals surface area (Å²) in [6.45, 7) is 0. The summed E-state index contributed by atoms with van der Waals surface area (Å²) in [5.74, 6) is 0.826. The van der Waals surface area contributed by atoms with E-state index >= 15 is 0 Å². The molecule has 0 spiro atoms. The normalized spacial score (nSPS) is 10.7. The second-order valence-corrected chi connectivity index (χ2v) is 8.04. The molecule has 0 saturated carbocycles. The van der Waals surface area contributed by atoms with Crippen molar-refractivity contribution in [1.29, 1.82) is 0 Å². The summed E-state index contributed by atoms with van der Waals surface area (Å²) >= 11 is -1.68. The Morgan fingerprint density at radius 3 is 2.40 bits per heavy atom. The molecule has 0 bridgehead atoms. The molecule has 1 aromatic carbocycles. The molecule has 10 heavy (non-hydrogen) atoms. The van der Waals surface area contributed by atoms with Gasteiger partial charge in [0.25, 0.3) is 0 Å². The van der Waals surface area contributed by atoms with Crippen LogP contribution in [0.25, 0.3) is 0 Å². The summed E-state index contributed by atoms with van der Waals surface area (Å²) in [6, 6.07) is 9.52. The molecule has 53 valence electrons. The molecule has 1 rings (SSSR count). The molecule has 1 radical (unpaired) electrons. The molecule has 1 atom stereocenters. The third kappa shape index (κ3) is 2.82. The molecule has 0 heterocycles. The average Bonchev–Trinajstić information content (AvgIpc) is 1.88. The van der Waals surface area contributed by atoms with Gasteiger partial charge in [-0.1, -0.05) is 0 Å². The third-order valence-corrected chi connectivity index (χ3v) is 2.51. The van der Waals surface area contributed by atoms with Crippen LogP contribution in [0.5, 0.6) is 5.75 Å². The molecule has 0 aliphatic rings. The van der Waals surface area contributed by atoms with Crippen LogP contribution in [0.4, 0.5) is 0 Å². The van der Waals surface area contributed by atoms with E-state index in [4.69, 9.17) is 14.1 Å². The minimum atomic E-state index is -1.68. The van der Waals surface area contributed by atoms with E-state index in [1.54, 1.807) is 0 Å². The second kappa shape index (κ2) is 4.12. The van der Waals surface area contributed by atoms with E-state index in [-0.39, 0.29) is 0 Å². The Morgan fingerprint density at radius 2 is 1.90 bits per heavy atom. The van der Waals surface area contributed by atoms with Gasteiger partial charge in [0, 0.05) is 0 Å². The SMILES string of the molecule is S=[As](S)Oc1ccccc1. The van der Waals surface area contributed by atoms with E-state index in [0.717, 1.165) is 5.75 Å². The van der Waals surface area contributed by atoms with Gasteiger partial charge in [0.1, 0.15) is 0 Å². The van der Waals surface area contributed by atoms with Gasteiger partial charge in [0.15, 0.2) is 0 Å². The molecular formula is C6H6AsOS2. The van der Waals surface area contributed by atoms with Crippen molar-refractivity contribution in [3.05, 3.63) is 30.3 Å². The van der Waals surface area contributed by atoms with Crippen molar-refractivity contribution in [3.8, 4) is 5.75 Å². The van der Waals surface area contributed by atoms with Crippen LogP contribution in [-0.4, -0.2) is 12.2 Å². The van der Waals surface area contributed by atoms with Gasteiger partial charge in [0.2, 0.25) is 0 Å². The molecule has 0 N–H and O–H groups in total. The summed E-state index contributed by atoms with van der Waals surface area (Å²) in [4.78, 5) is 0. The number of para-hydroxylation sites is 1. The standard InChI is InChI=1S/C6H6AsOS2/c9-7(10)8-6-4-2-1-3-5-6/h1-5H,(H,9,10). The van der Waals surface area contributed by atoms with Gasteiger partial charge in [0.05, 0.1) is 0 Å². The van der Waals surface area contributed by atoms with E-state index in [1.165, 1.54) is 0 Å². The Hall–Kier alpha value is 0.148. The molecule has 0 aromatic heterocycles. The number of thiol groups is 1. The van der Waals surface area contributed by atoms with E-state index in [2.05, 4.69) is 10.9 Å². The minimum absolute atomic E-state index is 0.826. The van der Waals surface area contributed by atoms with Crippen molar-refractivity contribution in [3.63, 3.8) is 0 Å². The van der Waals surface area contributed by atoms with Crippen LogP contribution in [0.15, 0.2) is 30.3 Å². The number of hydrogen-bond acceptors (Lipinski definition) is 2. The Kier molecular flexibility index (Phi) is 3.39. The van der Waals surface area contributed by atoms with Gasteiger partial charge >= 0.3 is 73.3 Å². The first-order chi connectivity index (χ1) is 4.79. The van der Waals surface area contributed by atoms with E-state index in [9.17, 15) is 0 Å². The second-order valence-electron chi connectivity index (χ2n) is 1.64. The molecule has 1 nitrogen and oxygen atoms in total. The van der Waals surface area contributed by atoms with Gasteiger partial charge in [-0.3, -0.25) is 0 Å². The average molecular weight is 233 g/mol. The van der Waals surface area contributed by atoms with E-state index < -0.39 is 12.2 Å². The molecule has 4 heteroatoms. The summed E-state index contributed by atoms with van der Waals surface area (Å²) in [7, 11) is 8.90. The fourth-order valence-electron chi connectivity index (χ4n) is 0.572. The first kappa shape index (κ1) is 8.25. The fourth-order valence-corrected chi connectivity index (χ4v) is 2.14. The summed E-state index contributed by atoms with van der Waals surface area (Å²) in [6.07, 6.45) is 0. The quantitative estimate of drug-likeness (QED) is 0.619. The van der Waals surface area contributed by atoms with Crippen molar-refractivity contribution in [1.82, 2.24) is 0 Å². The van der Waals surface area contributed by atoms with Crippen molar-refractivity contribution in [2.45, 2.75) is 0 Å². The number of hydrogen-bond donors (Lipinski definition) is 1. The van der Waals surface area contributed by atoms with E-state index in [0.29, 0.717) is 0 Å². The van der Waals surface area contributed by atoms with Crippen LogP contribution in [-0.2, 0) is 0 Å². The molecule has 0 saturated heterocycles. The van der Waals surface area contributed by atoms with E-state index in [1.807, 2.05) is 30.3 Å². The zero-order valence-electron chi connectivity index (χ0n) is 5.10. The predicted octanol–water partition coefficient (Wildman–Crippen LogP) is 2.18. The van der Waals surface area contributed by atoms with Gasteiger partial charge in [-0.15, -0.1) is 0 Å². The van der Waals surface area contributed by atoms with Crippen LogP contribution < -0.4 is 3.73 Å². The molecule has 1 aromatic rings. The van der Waals surface area contributed by atoms with Crippen LogP contribution in [0.2, 0.25) is 0 Å². The molecule has 0 amide bonds. The summed E-state index contributed by atoms with van der Waals surface area (Å²) in [5.41, 5.74) is 0. The first-order valence-corrected chi connectivity index (χ1v) is 9.03. The Labute approximate surface area is 73.2 Å². The molecular weight excluding hydrogens is 227 g/mol. The fraction of sp³-hybridized carbons (Fsp3) is 0. The van der Waals surface area contributed by atoms with Crippen molar-refractivity contribution in [2.75, 3.05) is 0 Å². The summed E-state index contributed by atoms with van der Waals surface area (Å²) in [5, 5.41) is 0. The van der Waals surface area contributed by atoms with Gasteiger partial charge in [-0.2, -0.15) is 0 Å². The zero-order valence-corrected chi connectivity index (χ0v) is 8.69. The van der Waals surface area contributed by atoms with Crippen molar-refractivity contribution < 1.29 is 3.73 Å².